The lowest BCUT2D eigenvalue weighted by atomic mass is 10.1. The van der Waals surface area contributed by atoms with Gasteiger partial charge in [0.15, 0.2) is 0 Å². The molecule has 1 amide bonds. The highest BCUT2D eigenvalue weighted by atomic mass is 35.5. The van der Waals surface area contributed by atoms with Crippen molar-refractivity contribution in [1.29, 1.82) is 0 Å². The molecule has 2 N–H and O–H groups in total. The minimum absolute atomic E-state index is 0.138. The maximum Gasteiger partial charge on any atom is 0.252 e. The lowest BCUT2D eigenvalue weighted by Gasteiger charge is -2.11. The monoisotopic (exact) mass is 379 g/mol. The Bertz CT molecular complexity index is 939. The third-order valence-corrected chi connectivity index (χ3v) is 4.54. The van der Waals surface area contributed by atoms with Gasteiger partial charge in [-0.25, -0.2) is 0 Å². The third-order valence-electron chi connectivity index (χ3n) is 4.29. The smallest absolute Gasteiger partial charge is 0.252 e. The molecule has 138 valence electrons. The van der Waals surface area contributed by atoms with Crippen molar-refractivity contribution in [2.24, 2.45) is 0 Å². The molecule has 3 aromatic rings. The van der Waals surface area contributed by atoms with Gasteiger partial charge in [-0.15, -0.1) is 0 Å². The fourth-order valence-electron chi connectivity index (χ4n) is 2.73. The number of halogens is 1. The molecule has 5 heteroatoms. The van der Waals surface area contributed by atoms with Gasteiger partial charge < -0.3 is 10.6 Å². The lowest BCUT2D eigenvalue weighted by molar-refractivity contribution is 0.0954. The molecule has 3 rings (SSSR count). The highest BCUT2D eigenvalue weighted by Crippen LogP contribution is 2.21. The number of anilines is 2. The summed E-state index contributed by atoms with van der Waals surface area (Å²) in [6, 6.07) is 15.7. The van der Waals surface area contributed by atoms with Gasteiger partial charge in [0.05, 0.1) is 17.4 Å². The van der Waals surface area contributed by atoms with Crippen LogP contribution in [0.25, 0.3) is 0 Å². The van der Waals surface area contributed by atoms with Crippen LogP contribution >= 0.6 is 11.6 Å². The van der Waals surface area contributed by atoms with Gasteiger partial charge in [-0.1, -0.05) is 35.9 Å². The van der Waals surface area contributed by atoms with Crippen LogP contribution in [0.3, 0.4) is 0 Å². The molecule has 2 aromatic carbocycles. The highest BCUT2D eigenvalue weighted by Gasteiger charge is 2.08. The summed E-state index contributed by atoms with van der Waals surface area (Å²) in [6.45, 7) is 4.64. The number of hydrogen-bond donors (Lipinski definition) is 2. The average molecular weight is 380 g/mol. The number of amides is 1. The minimum Gasteiger partial charge on any atom is -0.354 e. The molecule has 0 bridgehead atoms. The Morgan fingerprint density at radius 2 is 1.81 bits per heavy atom. The molecular formula is C22H22ClN3O. The standard InChI is InChI=1S/C22H22ClN3O/c1-15-3-4-16(2)21(11-15)26-20-12-18(13-24-14-20)22(27)25-10-9-17-5-7-19(23)8-6-17/h3-8,11-14,26H,9-10H2,1-2H3,(H,25,27). The largest absolute Gasteiger partial charge is 0.354 e. The van der Waals surface area contributed by atoms with E-state index in [2.05, 4.69) is 33.8 Å². The van der Waals surface area contributed by atoms with Crippen molar-refractivity contribution in [2.45, 2.75) is 20.3 Å². The minimum atomic E-state index is -0.138. The van der Waals surface area contributed by atoms with Gasteiger partial charge in [0, 0.05) is 23.5 Å². The molecule has 0 radical (unpaired) electrons. The SMILES string of the molecule is Cc1ccc(C)c(Nc2cncc(C(=O)NCCc3ccc(Cl)cc3)c2)c1. The Morgan fingerprint density at radius 1 is 1.04 bits per heavy atom. The number of pyridine rings is 1. The molecular weight excluding hydrogens is 358 g/mol. The van der Waals surface area contributed by atoms with Crippen molar-refractivity contribution in [3.05, 3.63) is 88.2 Å². The summed E-state index contributed by atoms with van der Waals surface area (Å²) in [5, 5.41) is 6.98. The number of hydrogen-bond acceptors (Lipinski definition) is 3. The van der Waals surface area contributed by atoms with E-state index in [0.29, 0.717) is 17.1 Å². The molecule has 1 aromatic heterocycles. The van der Waals surface area contributed by atoms with E-state index < -0.39 is 0 Å². The Morgan fingerprint density at radius 3 is 2.59 bits per heavy atom. The number of benzene rings is 2. The Hall–Kier alpha value is -2.85. The number of nitrogens with one attached hydrogen (secondary N) is 2. The third kappa shape index (κ3) is 5.31. The van der Waals surface area contributed by atoms with E-state index >= 15 is 0 Å². The average Bonchev–Trinajstić information content (AvgIpc) is 2.66. The molecule has 0 aliphatic heterocycles. The maximum absolute atomic E-state index is 12.4. The van der Waals surface area contributed by atoms with Gasteiger partial charge in [0.2, 0.25) is 0 Å². The molecule has 1 heterocycles. The quantitative estimate of drug-likeness (QED) is 0.628. The molecule has 0 spiro atoms. The van der Waals surface area contributed by atoms with E-state index in [1.54, 1.807) is 12.4 Å². The summed E-state index contributed by atoms with van der Waals surface area (Å²) in [6.07, 6.45) is 4.04. The van der Waals surface area contributed by atoms with Crippen LogP contribution in [0.4, 0.5) is 11.4 Å². The summed E-state index contributed by atoms with van der Waals surface area (Å²) >= 11 is 5.88. The molecule has 27 heavy (non-hydrogen) atoms. The predicted molar refractivity (Wildman–Crippen MR) is 111 cm³/mol. The van der Waals surface area contributed by atoms with Crippen molar-refractivity contribution >= 4 is 28.9 Å². The van der Waals surface area contributed by atoms with Crippen molar-refractivity contribution < 1.29 is 4.79 Å². The van der Waals surface area contributed by atoms with Gasteiger partial charge in [-0.2, -0.15) is 0 Å². The lowest BCUT2D eigenvalue weighted by Crippen LogP contribution is -2.25. The van der Waals surface area contributed by atoms with Crippen molar-refractivity contribution in [1.82, 2.24) is 10.3 Å². The van der Waals surface area contributed by atoms with Crippen LogP contribution in [-0.4, -0.2) is 17.4 Å². The summed E-state index contributed by atoms with van der Waals surface area (Å²) in [4.78, 5) is 16.6. The molecule has 0 saturated carbocycles. The van der Waals surface area contributed by atoms with Gasteiger partial charge in [0.1, 0.15) is 0 Å². The predicted octanol–water partition coefficient (Wildman–Crippen LogP) is 5.07. The number of aromatic nitrogens is 1. The van der Waals surface area contributed by atoms with Crippen LogP contribution in [0.1, 0.15) is 27.0 Å². The van der Waals surface area contributed by atoms with E-state index in [1.165, 1.54) is 5.56 Å². The molecule has 4 nitrogen and oxygen atoms in total. The Labute approximate surface area is 164 Å². The number of aryl methyl sites for hydroxylation is 2. The van der Waals surface area contributed by atoms with Gasteiger partial charge in [-0.05, 0) is 61.2 Å². The van der Waals surface area contributed by atoms with Crippen LogP contribution in [0.2, 0.25) is 5.02 Å². The highest BCUT2D eigenvalue weighted by molar-refractivity contribution is 6.30. The summed E-state index contributed by atoms with van der Waals surface area (Å²) in [5.41, 5.74) is 5.77. The first kappa shape index (κ1) is 18.9. The zero-order valence-electron chi connectivity index (χ0n) is 15.4. The van der Waals surface area contributed by atoms with E-state index in [-0.39, 0.29) is 5.91 Å². The maximum atomic E-state index is 12.4. The van der Waals surface area contributed by atoms with Crippen molar-refractivity contribution in [3.63, 3.8) is 0 Å². The first-order valence-electron chi connectivity index (χ1n) is 8.83. The van der Waals surface area contributed by atoms with Crippen molar-refractivity contribution in [3.8, 4) is 0 Å². The van der Waals surface area contributed by atoms with Crippen LogP contribution < -0.4 is 10.6 Å². The molecule has 0 fully saturated rings. The second-order valence-electron chi connectivity index (χ2n) is 6.54. The summed E-state index contributed by atoms with van der Waals surface area (Å²) < 4.78 is 0. The van der Waals surface area contributed by atoms with Gasteiger partial charge in [0.25, 0.3) is 5.91 Å². The zero-order valence-corrected chi connectivity index (χ0v) is 16.2. The van der Waals surface area contributed by atoms with E-state index in [1.807, 2.05) is 44.2 Å². The van der Waals surface area contributed by atoms with Crippen LogP contribution in [0.15, 0.2) is 60.9 Å². The van der Waals surface area contributed by atoms with E-state index in [4.69, 9.17) is 11.6 Å². The van der Waals surface area contributed by atoms with E-state index in [9.17, 15) is 4.79 Å². The first-order chi connectivity index (χ1) is 13.0. The Balaban J connectivity index is 1.61. The number of nitrogens with zero attached hydrogens (tertiary/aromatic N) is 1. The Kier molecular flexibility index (Phi) is 6.09. The normalized spacial score (nSPS) is 10.5. The number of carbonyl (C=O) groups is 1. The van der Waals surface area contributed by atoms with Crippen molar-refractivity contribution in [2.75, 3.05) is 11.9 Å². The summed E-state index contributed by atoms with van der Waals surface area (Å²) in [7, 11) is 0. The van der Waals surface area contributed by atoms with Gasteiger partial charge in [-0.3, -0.25) is 9.78 Å². The topological polar surface area (TPSA) is 54.0 Å². The molecule has 0 saturated heterocycles. The fraction of sp³-hybridized carbons (Fsp3) is 0.182. The number of rotatable bonds is 6. The molecule has 0 aliphatic carbocycles. The zero-order chi connectivity index (χ0) is 19.2. The molecule has 0 aliphatic rings. The van der Waals surface area contributed by atoms with Crippen LogP contribution in [0, 0.1) is 13.8 Å². The first-order valence-corrected chi connectivity index (χ1v) is 9.21. The van der Waals surface area contributed by atoms with Gasteiger partial charge >= 0.3 is 0 Å². The molecule has 0 unspecified atom stereocenters. The second kappa shape index (κ2) is 8.69. The molecule has 0 atom stereocenters. The second-order valence-corrected chi connectivity index (χ2v) is 6.97. The van der Waals surface area contributed by atoms with Crippen LogP contribution in [0.5, 0.6) is 0 Å². The summed E-state index contributed by atoms with van der Waals surface area (Å²) in [5.74, 6) is -0.138. The van der Waals surface area contributed by atoms with Crippen LogP contribution in [-0.2, 0) is 6.42 Å². The number of carbonyl (C=O) groups excluding carboxylic acids is 1. The fourth-order valence-corrected chi connectivity index (χ4v) is 2.86. The van der Waals surface area contributed by atoms with E-state index in [0.717, 1.165) is 28.9 Å².